The highest BCUT2D eigenvalue weighted by molar-refractivity contribution is 5.45. The number of nitrogens with zero attached hydrogens (tertiary/aromatic N) is 1. The number of hydrogen-bond acceptors (Lipinski definition) is 3. The van der Waals surface area contributed by atoms with Crippen molar-refractivity contribution in [2.45, 2.75) is 25.9 Å². The average molecular weight is 234 g/mol. The first-order valence-electron chi connectivity index (χ1n) is 6.48. The molecule has 0 unspecified atom stereocenters. The standard InChI is InChI=1S/C14H22N2O/c1-3-16-10-8-14(9-11-16)17-13-6-4-12(15-2)5-7-13/h4-7,14-15H,3,8-11H2,1-2H3. The Balaban J connectivity index is 1.84. The second kappa shape index (κ2) is 5.92. The summed E-state index contributed by atoms with van der Waals surface area (Å²) in [6.45, 7) is 5.70. The Hall–Kier alpha value is -1.22. The summed E-state index contributed by atoms with van der Waals surface area (Å²) in [7, 11) is 1.93. The topological polar surface area (TPSA) is 24.5 Å². The molecule has 0 radical (unpaired) electrons. The van der Waals surface area contributed by atoms with Crippen LogP contribution in [0.25, 0.3) is 0 Å². The number of rotatable bonds is 4. The van der Waals surface area contributed by atoms with Gasteiger partial charge in [0, 0.05) is 25.8 Å². The van der Waals surface area contributed by atoms with Gasteiger partial charge in [-0.2, -0.15) is 0 Å². The summed E-state index contributed by atoms with van der Waals surface area (Å²) in [6.07, 6.45) is 2.67. The van der Waals surface area contributed by atoms with Crippen molar-refractivity contribution in [1.29, 1.82) is 0 Å². The van der Waals surface area contributed by atoms with E-state index in [9.17, 15) is 0 Å². The van der Waals surface area contributed by atoms with Gasteiger partial charge in [-0.05, 0) is 43.7 Å². The summed E-state index contributed by atoms with van der Waals surface area (Å²) in [6, 6.07) is 8.18. The van der Waals surface area contributed by atoms with Crippen LogP contribution in [0.15, 0.2) is 24.3 Å². The molecule has 17 heavy (non-hydrogen) atoms. The minimum absolute atomic E-state index is 0.387. The predicted octanol–water partition coefficient (Wildman–Crippen LogP) is 2.59. The van der Waals surface area contributed by atoms with Crippen LogP contribution in [0.4, 0.5) is 5.69 Å². The van der Waals surface area contributed by atoms with E-state index >= 15 is 0 Å². The number of nitrogens with one attached hydrogen (secondary N) is 1. The van der Waals surface area contributed by atoms with Crippen LogP contribution in [0.1, 0.15) is 19.8 Å². The van der Waals surface area contributed by atoms with E-state index < -0.39 is 0 Å². The molecule has 1 fully saturated rings. The zero-order valence-electron chi connectivity index (χ0n) is 10.8. The number of ether oxygens (including phenoxy) is 1. The van der Waals surface area contributed by atoms with Crippen molar-refractivity contribution in [3.05, 3.63) is 24.3 Å². The van der Waals surface area contributed by atoms with Crippen LogP contribution in [0.3, 0.4) is 0 Å². The summed E-state index contributed by atoms with van der Waals surface area (Å²) in [4.78, 5) is 2.48. The Morgan fingerprint density at radius 3 is 2.41 bits per heavy atom. The van der Waals surface area contributed by atoms with Crippen LogP contribution >= 0.6 is 0 Å². The van der Waals surface area contributed by atoms with Crippen molar-refractivity contribution >= 4 is 5.69 Å². The fraction of sp³-hybridized carbons (Fsp3) is 0.571. The normalized spacial score (nSPS) is 18.0. The van der Waals surface area contributed by atoms with E-state index in [0.717, 1.165) is 43.9 Å². The van der Waals surface area contributed by atoms with E-state index in [4.69, 9.17) is 4.74 Å². The lowest BCUT2D eigenvalue weighted by Gasteiger charge is -2.31. The van der Waals surface area contributed by atoms with E-state index in [-0.39, 0.29) is 0 Å². The van der Waals surface area contributed by atoms with Gasteiger partial charge < -0.3 is 15.0 Å². The molecule has 94 valence electrons. The fourth-order valence-electron chi connectivity index (χ4n) is 2.24. The Morgan fingerprint density at radius 2 is 1.88 bits per heavy atom. The molecule has 3 nitrogen and oxygen atoms in total. The number of benzene rings is 1. The molecule has 0 aromatic heterocycles. The van der Waals surface area contributed by atoms with Gasteiger partial charge in [0.1, 0.15) is 11.9 Å². The largest absolute Gasteiger partial charge is 0.490 e. The van der Waals surface area contributed by atoms with Crippen LogP contribution in [-0.2, 0) is 0 Å². The monoisotopic (exact) mass is 234 g/mol. The molecule has 0 atom stereocenters. The van der Waals surface area contributed by atoms with Crippen LogP contribution in [0.5, 0.6) is 5.75 Å². The van der Waals surface area contributed by atoms with E-state index in [1.54, 1.807) is 0 Å². The summed E-state index contributed by atoms with van der Waals surface area (Å²) in [5, 5.41) is 3.11. The number of anilines is 1. The molecule has 0 amide bonds. The maximum Gasteiger partial charge on any atom is 0.119 e. The Morgan fingerprint density at radius 1 is 1.24 bits per heavy atom. The van der Waals surface area contributed by atoms with Crippen molar-refractivity contribution in [3.63, 3.8) is 0 Å². The van der Waals surface area contributed by atoms with E-state index in [1.165, 1.54) is 0 Å². The van der Waals surface area contributed by atoms with E-state index in [1.807, 2.05) is 19.2 Å². The first kappa shape index (κ1) is 12.2. The van der Waals surface area contributed by atoms with E-state index in [2.05, 4.69) is 29.3 Å². The van der Waals surface area contributed by atoms with Gasteiger partial charge in [-0.25, -0.2) is 0 Å². The smallest absolute Gasteiger partial charge is 0.119 e. The van der Waals surface area contributed by atoms with Gasteiger partial charge in [0.25, 0.3) is 0 Å². The van der Waals surface area contributed by atoms with Crippen LogP contribution in [0, 0.1) is 0 Å². The van der Waals surface area contributed by atoms with E-state index in [0.29, 0.717) is 6.10 Å². The number of likely N-dealkylation sites (tertiary alicyclic amines) is 1. The molecule has 0 spiro atoms. The molecule has 1 saturated heterocycles. The van der Waals surface area contributed by atoms with Crippen LogP contribution in [0.2, 0.25) is 0 Å². The molecule has 0 aliphatic carbocycles. The molecular formula is C14H22N2O. The molecule has 0 bridgehead atoms. The minimum atomic E-state index is 0.387. The summed E-state index contributed by atoms with van der Waals surface area (Å²) in [5.41, 5.74) is 1.12. The SMILES string of the molecule is CCN1CCC(Oc2ccc(NC)cc2)CC1. The van der Waals surface area contributed by atoms with Crippen LogP contribution < -0.4 is 10.1 Å². The molecule has 3 heteroatoms. The van der Waals surface area contributed by atoms with Gasteiger partial charge in [-0.3, -0.25) is 0 Å². The third kappa shape index (κ3) is 3.37. The first-order valence-corrected chi connectivity index (χ1v) is 6.48. The highest BCUT2D eigenvalue weighted by atomic mass is 16.5. The molecule has 1 N–H and O–H groups in total. The highest BCUT2D eigenvalue weighted by Crippen LogP contribution is 2.20. The second-order valence-electron chi connectivity index (χ2n) is 4.53. The zero-order valence-corrected chi connectivity index (χ0v) is 10.8. The van der Waals surface area contributed by atoms with Gasteiger partial charge >= 0.3 is 0 Å². The fourth-order valence-corrected chi connectivity index (χ4v) is 2.24. The van der Waals surface area contributed by atoms with Crippen LogP contribution in [-0.4, -0.2) is 37.7 Å². The van der Waals surface area contributed by atoms with Crippen molar-refractivity contribution < 1.29 is 4.74 Å². The summed E-state index contributed by atoms with van der Waals surface area (Å²) < 4.78 is 5.99. The number of hydrogen-bond donors (Lipinski definition) is 1. The Bertz CT molecular complexity index is 329. The molecule has 2 rings (SSSR count). The Labute approximate surface area is 104 Å². The molecule has 1 aliphatic rings. The third-order valence-electron chi connectivity index (χ3n) is 3.43. The lowest BCUT2D eigenvalue weighted by molar-refractivity contribution is 0.104. The molecule has 1 aromatic rings. The Kier molecular flexibility index (Phi) is 4.26. The second-order valence-corrected chi connectivity index (χ2v) is 4.53. The molecule has 1 aromatic carbocycles. The van der Waals surface area contributed by atoms with Crippen molar-refractivity contribution in [2.75, 3.05) is 32.0 Å². The molecule has 1 aliphatic heterocycles. The van der Waals surface area contributed by atoms with Gasteiger partial charge in [-0.15, -0.1) is 0 Å². The van der Waals surface area contributed by atoms with Crippen molar-refractivity contribution in [1.82, 2.24) is 4.90 Å². The maximum atomic E-state index is 5.99. The van der Waals surface area contributed by atoms with Gasteiger partial charge in [0.05, 0.1) is 0 Å². The number of piperidine rings is 1. The van der Waals surface area contributed by atoms with Gasteiger partial charge in [-0.1, -0.05) is 6.92 Å². The summed E-state index contributed by atoms with van der Waals surface area (Å²) >= 11 is 0. The van der Waals surface area contributed by atoms with Crippen molar-refractivity contribution in [3.8, 4) is 5.75 Å². The maximum absolute atomic E-state index is 5.99. The lowest BCUT2D eigenvalue weighted by Crippen LogP contribution is -2.37. The molecular weight excluding hydrogens is 212 g/mol. The zero-order chi connectivity index (χ0) is 12.1. The average Bonchev–Trinajstić information content (AvgIpc) is 2.40. The summed E-state index contributed by atoms with van der Waals surface area (Å²) in [5.74, 6) is 0.985. The van der Waals surface area contributed by atoms with Gasteiger partial charge in [0.15, 0.2) is 0 Å². The minimum Gasteiger partial charge on any atom is -0.490 e. The molecule has 1 heterocycles. The van der Waals surface area contributed by atoms with Crippen molar-refractivity contribution in [2.24, 2.45) is 0 Å². The quantitative estimate of drug-likeness (QED) is 0.866. The van der Waals surface area contributed by atoms with Gasteiger partial charge in [0.2, 0.25) is 0 Å². The molecule has 0 saturated carbocycles. The lowest BCUT2D eigenvalue weighted by atomic mass is 10.1. The third-order valence-corrected chi connectivity index (χ3v) is 3.43. The first-order chi connectivity index (χ1) is 8.31. The highest BCUT2D eigenvalue weighted by Gasteiger charge is 2.19. The predicted molar refractivity (Wildman–Crippen MR) is 71.8 cm³/mol.